The Balaban J connectivity index is 0.000000113. The van der Waals surface area contributed by atoms with E-state index in [0.29, 0.717) is 161 Å². The number of ether oxygens (including phenoxy) is 8. The Bertz CT molecular complexity index is 4290. The molecule has 5 aromatic rings. The third-order valence-electron chi connectivity index (χ3n) is 38.8. The lowest BCUT2D eigenvalue weighted by Crippen LogP contribution is -2.46. The van der Waals surface area contributed by atoms with Gasteiger partial charge in [0, 0.05) is 77.7 Å². The molecule has 5 aromatic carbocycles. The quantitative estimate of drug-likeness (QED) is 0.0531. The highest BCUT2D eigenvalue weighted by Gasteiger charge is 2.62. The molecule has 9 N–H and O–H groups in total. The highest BCUT2D eigenvalue weighted by Crippen LogP contribution is 2.69. The molecule has 17 nitrogen and oxygen atoms in total. The number of aliphatic hydroxyl groups excluding tert-OH is 5. The number of benzene rings is 5. The molecule has 0 spiro atoms. The molecule has 0 radical (unpaired) electrons. The minimum absolute atomic E-state index is 0. The zero-order chi connectivity index (χ0) is 87.9. The van der Waals surface area contributed by atoms with Crippen molar-refractivity contribution in [1.29, 1.82) is 0 Å². The number of aromatic hydroxyl groups is 4. The molecular weight excluding hydrogens is 1580 g/mol. The minimum atomic E-state index is -0.160. The number of phenolic OH excluding ortho intramolecular Hbond substituents is 4. The predicted octanol–water partition coefficient (Wildman–Crippen LogP) is 21.2. The SMILES string of the molecule is COCC1CC2C(CC[C@@]3(C)C2CC[C@@H]3O)c2ccc(O)cc21.COCC1CC2C(CC[C@@]3(C)C2CC[C@@H]3OC2CCCCO2)c2ccc(OC3CCCCO3)cc21.COC[C@@H]1CC2C(CC[C@@]3(C)C2CC[C@@H]3O)c2ccc(O)cc21.COC[C@H]1CC2C(CC[C@@]3(C)C2CC[C@@H]3O)c2ccc(O)cc21.C[C@]12CCC3c4ccc(O)cc4[C@H](CO)CC3C1CC[C@@H]2O.[H+]. The number of phenols is 4. The van der Waals surface area contributed by atoms with E-state index in [1.807, 2.05) is 49.6 Å². The van der Waals surface area contributed by atoms with E-state index in [0.717, 1.165) is 179 Å². The summed E-state index contributed by atoms with van der Waals surface area (Å²) in [5.74, 6) is 13.3. The largest absolute Gasteiger partial charge is 1.00 e. The van der Waals surface area contributed by atoms with Crippen molar-refractivity contribution < 1.29 is 85.3 Å². The first-order valence-corrected chi connectivity index (χ1v) is 50.1. The van der Waals surface area contributed by atoms with Crippen LogP contribution in [0.25, 0.3) is 0 Å². The second-order valence-corrected chi connectivity index (χ2v) is 44.6. The van der Waals surface area contributed by atoms with Gasteiger partial charge in [-0.25, -0.2) is 0 Å². The molecule has 15 aliphatic carbocycles. The van der Waals surface area contributed by atoms with Crippen LogP contribution in [0.4, 0.5) is 0 Å². The van der Waals surface area contributed by atoms with Crippen LogP contribution in [0.15, 0.2) is 91.0 Å². The van der Waals surface area contributed by atoms with Crippen LogP contribution < -0.4 is 4.74 Å². The number of methoxy groups -OCH3 is 4. The first kappa shape index (κ1) is 91.1. The van der Waals surface area contributed by atoms with E-state index in [9.17, 15) is 46.0 Å². The normalized spacial score (nSPS) is 41.9. The molecule has 2 heterocycles. The molecule has 32 atom stereocenters. The fourth-order valence-electron chi connectivity index (χ4n) is 32.3. The van der Waals surface area contributed by atoms with E-state index in [2.05, 4.69) is 77.1 Å². The van der Waals surface area contributed by atoms with Crippen LogP contribution in [-0.2, 0) is 33.2 Å². The van der Waals surface area contributed by atoms with Gasteiger partial charge in [-0.2, -0.15) is 0 Å². The first-order valence-electron chi connectivity index (χ1n) is 50.1. The van der Waals surface area contributed by atoms with Crippen LogP contribution in [0.5, 0.6) is 28.7 Å². The summed E-state index contributed by atoms with van der Waals surface area (Å²) in [6, 6.07) is 30.3. The Morgan fingerprint density at radius 3 is 0.921 bits per heavy atom. The van der Waals surface area contributed by atoms with Crippen LogP contribution >= 0.6 is 0 Å². The summed E-state index contributed by atoms with van der Waals surface area (Å²) < 4.78 is 47.0. The molecule has 17 heteroatoms. The number of hydrogen-bond donors (Lipinski definition) is 9. The summed E-state index contributed by atoms with van der Waals surface area (Å²) in [5.41, 5.74) is 14.2. The van der Waals surface area contributed by atoms with E-state index in [1.54, 1.807) is 33.0 Å². The summed E-state index contributed by atoms with van der Waals surface area (Å²) >= 11 is 0. The predicted molar refractivity (Wildman–Crippen MR) is 490 cm³/mol. The molecule has 0 aromatic heterocycles. The standard InChI is InChI=1S/C30H44O5.3C20H28O3.C19H26O3/c1-30-14-13-23-22-10-9-21(34-28-7-3-5-15-32-28)18-24(22)20(19-31-2)17-25(23)26(30)11-12-27(30)35-29-8-4-6-16-33-29;3*1-20-8-7-15-14-4-3-13(21)10-16(14)12(11-23-2)9-17(15)18(20)5-6-19(20)22;1-19-7-6-14-13-3-2-12(21)9-15(13)11(10-20)8-16(14)17(19)4-5-18(19)22/h9-10,18,20,23,25-29H,3-8,11-17,19H2,1-2H3;3*3-4,10,12,15,17-19,21-22H,5-9,11H2,1-2H3;2-3,9,11,14,16-18,20-22H,4-8,10H2,1H3/p+1/t20?,23?,25?,26?,27-,28?,29?,30-;12?,15?,17?,18?,19-,20-;12-,15?,17?,18?,19+,20+;12-,15?,17?,18?,19-,20-;11-,14?,16?,17?,18-,19-/m00100/s1. The lowest BCUT2D eigenvalue weighted by Gasteiger charge is -2.52. The third kappa shape index (κ3) is 16.8. The molecule has 2 saturated heterocycles. The fraction of sp³-hybridized carbons (Fsp3) is 0.725. The number of aliphatic hydroxyl groups is 5. The van der Waals surface area contributed by atoms with Gasteiger partial charge in [-0.05, 0) is 425 Å². The second-order valence-electron chi connectivity index (χ2n) is 44.6. The van der Waals surface area contributed by atoms with Gasteiger partial charge in [-0.15, -0.1) is 0 Å². The molecule has 22 rings (SSSR count). The van der Waals surface area contributed by atoms with Gasteiger partial charge in [-0.1, -0.05) is 65.0 Å². The van der Waals surface area contributed by atoms with Crippen LogP contribution in [0.1, 0.15) is 350 Å². The maximum Gasteiger partial charge on any atom is 1.00 e. The van der Waals surface area contributed by atoms with Gasteiger partial charge in [0.15, 0.2) is 12.6 Å². The van der Waals surface area contributed by atoms with Crippen LogP contribution in [0.2, 0.25) is 0 Å². The van der Waals surface area contributed by atoms with Crippen molar-refractivity contribution >= 4 is 0 Å². The molecule has 0 amide bonds. The van der Waals surface area contributed by atoms with Crippen LogP contribution in [0, 0.1) is 86.3 Å². The summed E-state index contributed by atoms with van der Waals surface area (Å²) in [6.45, 7) is 16.4. The van der Waals surface area contributed by atoms with Gasteiger partial charge in [0.05, 0.1) is 63.6 Å². The van der Waals surface area contributed by atoms with E-state index in [1.165, 1.54) is 95.9 Å². The molecule has 0 bridgehead atoms. The average Bonchev–Trinajstić information content (AvgIpc) is 1.67. The maximum absolute atomic E-state index is 10.5. The highest BCUT2D eigenvalue weighted by molar-refractivity contribution is 5.48. The minimum Gasteiger partial charge on any atom is -0.508 e. The summed E-state index contributed by atoms with van der Waals surface area (Å²) in [6.07, 6.45) is 34.5. The van der Waals surface area contributed by atoms with E-state index < -0.39 is 0 Å². The first-order chi connectivity index (χ1) is 60.8. The zero-order valence-electron chi connectivity index (χ0n) is 78.4. The van der Waals surface area contributed by atoms with Crippen molar-refractivity contribution in [2.24, 2.45) is 86.3 Å². The van der Waals surface area contributed by atoms with Gasteiger partial charge in [0.25, 0.3) is 0 Å². The van der Waals surface area contributed by atoms with Gasteiger partial charge >= 0.3 is 1.43 Å². The molecule has 19 unspecified atom stereocenters. The molecule has 12 fully saturated rings. The average molecular weight is 1740 g/mol. The summed E-state index contributed by atoms with van der Waals surface area (Å²) in [7, 11) is 7.13. The summed E-state index contributed by atoms with van der Waals surface area (Å²) in [5, 5.41) is 91.4. The lowest BCUT2D eigenvalue weighted by atomic mass is 9.54. The second kappa shape index (κ2) is 37.6. The smallest absolute Gasteiger partial charge is 0.508 e. The summed E-state index contributed by atoms with van der Waals surface area (Å²) in [4.78, 5) is 0. The number of rotatable bonds is 13. The number of hydrogen-bond acceptors (Lipinski definition) is 17. The van der Waals surface area contributed by atoms with Gasteiger partial charge in [0.2, 0.25) is 0 Å². The van der Waals surface area contributed by atoms with Gasteiger partial charge in [-0.3, -0.25) is 0 Å². The van der Waals surface area contributed by atoms with Crippen molar-refractivity contribution in [2.45, 2.75) is 336 Å². The Hall–Kier alpha value is -5.38. The molecule has 692 valence electrons. The maximum atomic E-state index is 10.5. The van der Waals surface area contributed by atoms with E-state index in [-0.39, 0.29) is 78.0 Å². The molecule has 10 saturated carbocycles. The van der Waals surface area contributed by atoms with Gasteiger partial charge in [0.1, 0.15) is 28.7 Å². The zero-order valence-corrected chi connectivity index (χ0v) is 77.4. The fourth-order valence-corrected chi connectivity index (χ4v) is 32.3. The number of fused-ring (bicyclic) bond motifs is 25. The Morgan fingerprint density at radius 1 is 0.317 bits per heavy atom. The Labute approximate surface area is 753 Å². The monoisotopic (exact) mass is 1740 g/mol. The van der Waals surface area contributed by atoms with E-state index in [4.69, 9.17) is 37.9 Å². The third-order valence-corrected chi connectivity index (χ3v) is 38.8. The van der Waals surface area contributed by atoms with Gasteiger partial charge < -0.3 is 83.9 Å². The topological polar surface area (TPSA) is 256 Å². The van der Waals surface area contributed by atoms with Crippen LogP contribution in [-0.4, -0.2) is 164 Å². The Kier molecular flexibility index (Phi) is 27.2. The molecular formula is C109H155O17+. The van der Waals surface area contributed by atoms with Crippen molar-refractivity contribution in [2.75, 3.05) is 74.7 Å². The van der Waals surface area contributed by atoms with Crippen molar-refractivity contribution in [1.82, 2.24) is 0 Å². The van der Waals surface area contributed by atoms with Crippen LogP contribution in [0.3, 0.4) is 0 Å². The molecule has 126 heavy (non-hydrogen) atoms. The Morgan fingerprint density at radius 2 is 0.603 bits per heavy atom. The van der Waals surface area contributed by atoms with Crippen molar-refractivity contribution in [3.63, 3.8) is 0 Å². The molecule has 17 aliphatic rings. The van der Waals surface area contributed by atoms with Crippen molar-refractivity contribution in [3.8, 4) is 28.7 Å². The molecule has 2 aliphatic heterocycles. The lowest BCUT2D eigenvalue weighted by molar-refractivity contribution is -0.213. The highest BCUT2D eigenvalue weighted by atomic mass is 16.7. The van der Waals surface area contributed by atoms with Crippen molar-refractivity contribution in [3.05, 3.63) is 147 Å². The van der Waals surface area contributed by atoms with E-state index >= 15 is 0 Å².